The number of carbonyl (C=O) groups excluding carboxylic acids is 1. The summed E-state index contributed by atoms with van der Waals surface area (Å²) in [5, 5.41) is 0. The summed E-state index contributed by atoms with van der Waals surface area (Å²) in [6, 6.07) is 0. The fraction of sp³-hybridized carbons (Fsp3) is 0.923. The second-order valence-electron chi connectivity index (χ2n) is 5.89. The van der Waals surface area contributed by atoms with E-state index in [1.807, 2.05) is 20.8 Å². The molecule has 0 N–H and O–H groups in total. The molecular formula is C13H24O3. The molecule has 0 saturated heterocycles. The largest absolute Gasteiger partial charge is 0.458 e. The number of hydrogen-bond acceptors (Lipinski definition) is 3. The lowest BCUT2D eigenvalue weighted by Gasteiger charge is -2.33. The summed E-state index contributed by atoms with van der Waals surface area (Å²) in [4.78, 5) is 11.5. The van der Waals surface area contributed by atoms with Crippen molar-refractivity contribution < 1.29 is 14.3 Å². The minimum atomic E-state index is -0.423. The molecule has 0 heterocycles. The Morgan fingerprint density at radius 2 is 1.75 bits per heavy atom. The topological polar surface area (TPSA) is 35.5 Å². The van der Waals surface area contributed by atoms with Crippen molar-refractivity contribution in [3.63, 3.8) is 0 Å². The number of ether oxygens (including phenoxy) is 2. The third-order valence-electron chi connectivity index (χ3n) is 2.87. The summed E-state index contributed by atoms with van der Waals surface area (Å²) in [6.45, 7) is 7.78. The molecule has 94 valence electrons. The van der Waals surface area contributed by atoms with Crippen LogP contribution >= 0.6 is 0 Å². The minimum Gasteiger partial charge on any atom is -0.458 e. The van der Waals surface area contributed by atoms with E-state index < -0.39 is 5.60 Å². The molecule has 0 aromatic heterocycles. The van der Waals surface area contributed by atoms with Crippen molar-refractivity contribution in [3.8, 4) is 0 Å². The highest BCUT2D eigenvalue weighted by Gasteiger charge is 2.29. The van der Waals surface area contributed by atoms with E-state index in [9.17, 15) is 4.79 Å². The van der Waals surface area contributed by atoms with Gasteiger partial charge in [0.05, 0.1) is 5.60 Å². The van der Waals surface area contributed by atoms with Gasteiger partial charge < -0.3 is 9.47 Å². The van der Waals surface area contributed by atoms with Gasteiger partial charge in [-0.1, -0.05) is 19.3 Å². The molecule has 1 aliphatic rings. The Balaban J connectivity index is 2.30. The Labute approximate surface area is 98.5 Å². The van der Waals surface area contributed by atoms with E-state index in [0.29, 0.717) is 0 Å². The van der Waals surface area contributed by atoms with Crippen LogP contribution in [0, 0.1) is 0 Å². The van der Waals surface area contributed by atoms with E-state index in [1.54, 1.807) is 0 Å². The quantitative estimate of drug-likeness (QED) is 0.696. The van der Waals surface area contributed by atoms with Gasteiger partial charge in [-0.3, -0.25) is 0 Å². The second kappa shape index (κ2) is 5.17. The van der Waals surface area contributed by atoms with Gasteiger partial charge in [0.1, 0.15) is 12.2 Å². The van der Waals surface area contributed by atoms with Crippen molar-refractivity contribution in [2.75, 3.05) is 6.61 Å². The lowest BCUT2D eigenvalue weighted by Crippen LogP contribution is -2.35. The first kappa shape index (κ1) is 13.5. The predicted octanol–water partition coefficient (Wildman–Crippen LogP) is 3.07. The molecule has 1 aliphatic carbocycles. The number of hydrogen-bond donors (Lipinski definition) is 0. The lowest BCUT2D eigenvalue weighted by molar-refractivity contribution is -0.168. The van der Waals surface area contributed by atoms with Crippen LogP contribution in [0.1, 0.15) is 59.8 Å². The Kier molecular flexibility index (Phi) is 4.36. The molecule has 16 heavy (non-hydrogen) atoms. The highest BCUT2D eigenvalue weighted by molar-refractivity contribution is 5.71. The third kappa shape index (κ3) is 4.97. The molecule has 3 nitrogen and oxygen atoms in total. The zero-order valence-corrected chi connectivity index (χ0v) is 11.0. The van der Waals surface area contributed by atoms with E-state index in [4.69, 9.17) is 9.47 Å². The van der Waals surface area contributed by atoms with Crippen LogP contribution in [0.15, 0.2) is 0 Å². The van der Waals surface area contributed by atoms with Crippen molar-refractivity contribution >= 4 is 5.97 Å². The van der Waals surface area contributed by atoms with Crippen LogP contribution in [0.2, 0.25) is 0 Å². The maximum atomic E-state index is 11.5. The Morgan fingerprint density at radius 3 is 2.25 bits per heavy atom. The van der Waals surface area contributed by atoms with Gasteiger partial charge in [-0.05, 0) is 40.5 Å². The molecule has 0 aromatic carbocycles. The molecule has 0 radical (unpaired) electrons. The minimum absolute atomic E-state index is 0.0772. The van der Waals surface area contributed by atoms with Gasteiger partial charge in [0.15, 0.2) is 0 Å². The monoisotopic (exact) mass is 228 g/mol. The molecule has 1 rings (SSSR count). The molecule has 3 heteroatoms. The van der Waals surface area contributed by atoms with Crippen molar-refractivity contribution in [1.29, 1.82) is 0 Å². The summed E-state index contributed by atoms with van der Waals surface area (Å²) >= 11 is 0. The SMILES string of the molecule is CC(C)(C)OC(=O)COC1(C)CCCCC1. The van der Waals surface area contributed by atoms with Gasteiger partial charge in [-0.2, -0.15) is 0 Å². The normalized spacial score (nSPS) is 20.5. The molecular weight excluding hydrogens is 204 g/mol. The Morgan fingerprint density at radius 1 is 1.19 bits per heavy atom. The van der Waals surface area contributed by atoms with Crippen molar-refractivity contribution in [3.05, 3.63) is 0 Å². The van der Waals surface area contributed by atoms with E-state index in [-0.39, 0.29) is 18.2 Å². The summed E-state index contributed by atoms with van der Waals surface area (Å²) in [5.41, 5.74) is -0.539. The molecule has 0 bridgehead atoms. The highest BCUT2D eigenvalue weighted by atomic mass is 16.6. The zero-order valence-electron chi connectivity index (χ0n) is 11.0. The maximum absolute atomic E-state index is 11.5. The standard InChI is InChI=1S/C13H24O3/c1-12(2,3)16-11(14)10-15-13(4)8-6-5-7-9-13/h5-10H2,1-4H3. The smallest absolute Gasteiger partial charge is 0.332 e. The first-order chi connectivity index (χ1) is 7.31. The van der Waals surface area contributed by atoms with Crippen molar-refractivity contribution in [1.82, 2.24) is 0 Å². The summed E-state index contributed by atoms with van der Waals surface area (Å²) in [5.74, 6) is -0.265. The highest BCUT2D eigenvalue weighted by Crippen LogP contribution is 2.30. The molecule has 0 aliphatic heterocycles. The fourth-order valence-electron chi connectivity index (χ4n) is 2.05. The van der Waals surface area contributed by atoms with Crippen LogP contribution in [0.3, 0.4) is 0 Å². The van der Waals surface area contributed by atoms with Gasteiger partial charge in [-0.15, -0.1) is 0 Å². The molecule has 0 spiro atoms. The fourth-order valence-corrected chi connectivity index (χ4v) is 2.05. The number of esters is 1. The average molecular weight is 228 g/mol. The molecule has 1 fully saturated rings. The second-order valence-corrected chi connectivity index (χ2v) is 5.89. The Hall–Kier alpha value is -0.570. The van der Waals surface area contributed by atoms with Crippen molar-refractivity contribution in [2.45, 2.75) is 71.0 Å². The first-order valence-corrected chi connectivity index (χ1v) is 6.17. The summed E-state index contributed by atoms with van der Waals surface area (Å²) < 4.78 is 10.9. The van der Waals surface area contributed by atoms with Crippen LogP contribution in [0.25, 0.3) is 0 Å². The van der Waals surface area contributed by atoms with E-state index >= 15 is 0 Å². The van der Waals surface area contributed by atoms with Crippen molar-refractivity contribution in [2.24, 2.45) is 0 Å². The molecule has 0 aromatic rings. The summed E-state index contributed by atoms with van der Waals surface area (Å²) in [6.07, 6.45) is 5.78. The molecule has 0 unspecified atom stereocenters. The van der Waals surface area contributed by atoms with Gasteiger partial charge in [0.25, 0.3) is 0 Å². The lowest BCUT2D eigenvalue weighted by atomic mass is 9.86. The summed E-state index contributed by atoms with van der Waals surface area (Å²) in [7, 11) is 0. The molecule has 1 saturated carbocycles. The van der Waals surface area contributed by atoms with E-state index in [1.165, 1.54) is 19.3 Å². The average Bonchev–Trinajstić information content (AvgIpc) is 2.14. The van der Waals surface area contributed by atoms with E-state index in [2.05, 4.69) is 6.92 Å². The van der Waals surface area contributed by atoms with Crippen LogP contribution < -0.4 is 0 Å². The maximum Gasteiger partial charge on any atom is 0.332 e. The zero-order chi connectivity index (χ0) is 12.2. The Bertz CT molecular complexity index is 234. The van der Waals surface area contributed by atoms with Crippen LogP contribution in [0.4, 0.5) is 0 Å². The van der Waals surface area contributed by atoms with Gasteiger partial charge in [0, 0.05) is 0 Å². The van der Waals surface area contributed by atoms with Gasteiger partial charge in [0.2, 0.25) is 0 Å². The number of rotatable bonds is 3. The molecule has 0 atom stereocenters. The van der Waals surface area contributed by atoms with Crippen LogP contribution in [0.5, 0.6) is 0 Å². The number of carbonyl (C=O) groups is 1. The van der Waals surface area contributed by atoms with Crippen LogP contribution in [-0.2, 0) is 14.3 Å². The first-order valence-electron chi connectivity index (χ1n) is 6.17. The van der Waals surface area contributed by atoms with Crippen LogP contribution in [-0.4, -0.2) is 23.8 Å². The van der Waals surface area contributed by atoms with E-state index in [0.717, 1.165) is 12.8 Å². The van der Waals surface area contributed by atoms with Gasteiger partial charge >= 0.3 is 5.97 Å². The van der Waals surface area contributed by atoms with Gasteiger partial charge in [-0.25, -0.2) is 4.79 Å². The third-order valence-corrected chi connectivity index (χ3v) is 2.87. The molecule has 0 amide bonds. The predicted molar refractivity (Wildman–Crippen MR) is 63.3 cm³/mol.